The van der Waals surface area contributed by atoms with Crippen LogP contribution >= 0.6 is 0 Å². The van der Waals surface area contributed by atoms with Crippen LogP contribution in [0.25, 0.3) is 0 Å². The normalized spacial score (nSPS) is 11.6. The molecule has 0 N–H and O–H groups in total. The van der Waals surface area contributed by atoms with Crippen molar-refractivity contribution < 1.29 is 4.39 Å². The minimum atomic E-state index is -0.125. The summed E-state index contributed by atoms with van der Waals surface area (Å²) in [5.41, 5.74) is 0. The zero-order chi connectivity index (χ0) is 30.3. The van der Waals surface area contributed by atoms with Gasteiger partial charge in [-0.1, -0.05) is 251 Å². The maximum Gasteiger partial charge on any atom is 0.0894 e. The van der Waals surface area contributed by atoms with Crippen LogP contribution in [0.4, 0.5) is 4.39 Å². The smallest absolute Gasteiger partial charge is 0.0894 e. The molecule has 0 rings (SSSR count). The molecule has 0 aliphatic carbocycles. The largest absolute Gasteiger partial charge is 0.251 e. The van der Waals surface area contributed by atoms with Gasteiger partial charge in [-0.25, -0.2) is 0 Å². The zero-order valence-corrected chi connectivity index (χ0v) is 29.7. The van der Waals surface area contributed by atoms with Gasteiger partial charge in [0.25, 0.3) is 0 Å². The van der Waals surface area contributed by atoms with E-state index in [-0.39, 0.29) is 6.67 Å². The van der Waals surface area contributed by atoms with Gasteiger partial charge < -0.3 is 0 Å². The van der Waals surface area contributed by atoms with E-state index >= 15 is 0 Å². The minimum Gasteiger partial charge on any atom is -0.251 e. The maximum atomic E-state index is 12.0. The summed E-state index contributed by atoms with van der Waals surface area (Å²) < 4.78 is 12.0. The van der Waals surface area contributed by atoms with Gasteiger partial charge in [0.05, 0.1) is 6.67 Å². The van der Waals surface area contributed by atoms with E-state index in [9.17, 15) is 4.39 Å². The summed E-state index contributed by atoms with van der Waals surface area (Å²) in [6.45, 7) is 2.18. The molecule has 0 heterocycles. The van der Waals surface area contributed by atoms with Gasteiger partial charge in [-0.3, -0.25) is 4.39 Å². The fourth-order valence-corrected chi connectivity index (χ4v) is 6.71. The highest BCUT2D eigenvalue weighted by molar-refractivity contribution is 4.53. The first kappa shape index (κ1) is 41.9. The third-order valence-corrected chi connectivity index (χ3v) is 9.74. The molecule has 0 aromatic rings. The Bertz CT molecular complexity index is 393. The number of rotatable bonds is 39. The van der Waals surface area contributed by atoms with Crippen LogP contribution in [0.1, 0.15) is 257 Å². The Morgan fingerprint density at radius 3 is 0.429 bits per heavy atom. The minimum absolute atomic E-state index is 0.125. The van der Waals surface area contributed by atoms with Crippen molar-refractivity contribution in [2.75, 3.05) is 6.67 Å². The molecule has 0 radical (unpaired) electrons. The van der Waals surface area contributed by atoms with E-state index in [1.807, 2.05) is 0 Å². The lowest BCUT2D eigenvalue weighted by molar-refractivity contribution is 0.448. The Morgan fingerprint density at radius 2 is 0.310 bits per heavy atom. The van der Waals surface area contributed by atoms with E-state index < -0.39 is 0 Å². The summed E-state index contributed by atoms with van der Waals surface area (Å²) in [5.74, 6) is 0. The molecule has 42 heavy (non-hydrogen) atoms. The van der Waals surface area contributed by atoms with E-state index in [1.165, 1.54) is 238 Å². The van der Waals surface area contributed by atoms with Crippen molar-refractivity contribution >= 4 is 0 Å². The van der Waals surface area contributed by atoms with Crippen LogP contribution in [-0.4, -0.2) is 6.67 Å². The van der Waals surface area contributed by atoms with Gasteiger partial charge in [0.15, 0.2) is 0 Å². The zero-order valence-electron chi connectivity index (χ0n) is 29.7. The number of unbranched alkanes of at least 4 members (excludes halogenated alkanes) is 38. The van der Waals surface area contributed by atoms with E-state index in [2.05, 4.69) is 6.92 Å². The van der Waals surface area contributed by atoms with Gasteiger partial charge in [-0.15, -0.1) is 0 Å². The number of halogens is 1. The summed E-state index contributed by atoms with van der Waals surface area (Å²) in [7, 11) is 0. The summed E-state index contributed by atoms with van der Waals surface area (Å²) in [6, 6.07) is 0. The van der Waals surface area contributed by atoms with Crippen LogP contribution in [0.2, 0.25) is 0 Å². The predicted octanol–water partition coefficient (Wildman–Crippen LogP) is 16.2. The third-order valence-electron chi connectivity index (χ3n) is 9.74. The highest BCUT2D eigenvalue weighted by Crippen LogP contribution is 2.17. The molecule has 0 fully saturated rings. The Labute approximate surface area is 268 Å². The number of alkyl halides is 1. The van der Waals surface area contributed by atoms with Crippen molar-refractivity contribution in [1.82, 2.24) is 0 Å². The van der Waals surface area contributed by atoms with Crippen LogP contribution < -0.4 is 0 Å². The second-order valence-corrected chi connectivity index (χ2v) is 14.1. The third kappa shape index (κ3) is 39.9. The number of hydrogen-bond donors (Lipinski definition) is 0. The second kappa shape index (κ2) is 40.9. The molecule has 254 valence electrons. The van der Waals surface area contributed by atoms with Crippen LogP contribution in [0, 0.1) is 0 Å². The molecule has 0 bridgehead atoms. The van der Waals surface area contributed by atoms with Crippen LogP contribution in [0.5, 0.6) is 0 Å². The van der Waals surface area contributed by atoms with E-state index in [0.29, 0.717) is 0 Å². The molecule has 0 aliphatic rings. The standard InChI is InChI=1S/C41H83F/c1-2-3-4-5-6-7-8-9-10-11-12-13-14-15-16-17-18-19-20-21-22-23-24-25-26-27-28-29-30-31-32-33-34-35-36-37-38-39-40-41-42/h2-41H2,1H3. The fraction of sp³-hybridized carbons (Fsp3) is 1.00. The van der Waals surface area contributed by atoms with Crippen molar-refractivity contribution in [3.05, 3.63) is 0 Å². The predicted molar refractivity (Wildman–Crippen MR) is 192 cm³/mol. The monoisotopic (exact) mass is 595 g/mol. The van der Waals surface area contributed by atoms with Crippen molar-refractivity contribution in [2.45, 2.75) is 257 Å². The molecule has 0 amide bonds. The van der Waals surface area contributed by atoms with Gasteiger partial charge in [0.1, 0.15) is 0 Å². The lowest BCUT2D eigenvalue weighted by atomic mass is 10.0. The van der Waals surface area contributed by atoms with Gasteiger partial charge >= 0.3 is 0 Å². The first-order valence-electron chi connectivity index (χ1n) is 20.5. The molecule has 1 heteroatoms. The number of hydrogen-bond acceptors (Lipinski definition) is 0. The Hall–Kier alpha value is -0.0700. The highest BCUT2D eigenvalue weighted by atomic mass is 19.1. The molecule has 0 unspecified atom stereocenters. The summed E-state index contributed by atoms with van der Waals surface area (Å²) in [5, 5.41) is 0. The molecule has 0 saturated carbocycles. The molecule has 0 aromatic carbocycles. The second-order valence-electron chi connectivity index (χ2n) is 14.1. The molecule has 0 aliphatic heterocycles. The van der Waals surface area contributed by atoms with Gasteiger partial charge in [-0.2, -0.15) is 0 Å². The van der Waals surface area contributed by atoms with E-state index in [1.54, 1.807) is 0 Å². The Morgan fingerprint density at radius 1 is 0.190 bits per heavy atom. The van der Waals surface area contributed by atoms with Crippen LogP contribution in [0.3, 0.4) is 0 Å². The van der Waals surface area contributed by atoms with E-state index in [0.717, 1.165) is 12.8 Å². The Kier molecular flexibility index (Phi) is 40.9. The van der Waals surface area contributed by atoms with Crippen LogP contribution in [-0.2, 0) is 0 Å². The molecular weight excluding hydrogens is 511 g/mol. The van der Waals surface area contributed by atoms with Crippen LogP contribution in [0.15, 0.2) is 0 Å². The van der Waals surface area contributed by atoms with Gasteiger partial charge in [0.2, 0.25) is 0 Å². The lowest BCUT2D eigenvalue weighted by Crippen LogP contribution is -1.85. The molecule has 0 nitrogen and oxygen atoms in total. The molecule has 0 saturated heterocycles. The van der Waals surface area contributed by atoms with Gasteiger partial charge in [0, 0.05) is 0 Å². The Balaban J connectivity index is 3.02. The molecule has 0 spiro atoms. The summed E-state index contributed by atoms with van der Waals surface area (Å²) in [4.78, 5) is 0. The molecule has 0 atom stereocenters. The average molecular weight is 595 g/mol. The topological polar surface area (TPSA) is 0 Å². The van der Waals surface area contributed by atoms with Gasteiger partial charge in [-0.05, 0) is 6.42 Å². The lowest BCUT2D eigenvalue weighted by Gasteiger charge is -2.05. The van der Waals surface area contributed by atoms with Crippen molar-refractivity contribution in [3.8, 4) is 0 Å². The molecule has 0 aromatic heterocycles. The fourth-order valence-electron chi connectivity index (χ4n) is 6.71. The summed E-state index contributed by atoms with van der Waals surface area (Å²) >= 11 is 0. The molecular formula is C41H83F. The van der Waals surface area contributed by atoms with Crippen molar-refractivity contribution in [3.63, 3.8) is 0 Å². The average Bonchev–Trinajstić information content (AvgIpc) is 3.00. The van der Waals surface area contributed by atoms with E-state index in [4.69, 9.17) is 0 Å². The van der Waals surface area contributed by atoms with Crippen molar-refractivity contribution in [2.24, 2.45) is 0 Å². The summed E-state index contributed by atoms with van der Waals surface area (Å²) in [6.07, 6.45) is 55.8. The van der Waals surface area contributed by atoms with Crippen molar-refractivity contribution in [1.29, 1.82) is 0 Å². The SMILES string of the molecule is CCCCCCCCCCCCCCCCCCCCCCCCCCCCCCCCCCCCCCCCCF. The highest BCUT2D eigenvalue weighted by Gasteiger charge is 1.98. The first-order valence-corrected chi connectivity index (χ1v) is 20.5. The quantitative estimate of drug-likeness (QED) is 0.0621. The maximum absolute atomic E-state index is 12.0. The first-order chi connectivity index (χ1) is 20.9.